The van der Waals surface area contributed by atoms with Gasteiger partial charge in [0.2, 0.25) is 0 Å². The fourth-order valence-corrected chi connectivity index (χ4v) is 4.00. The lowest BCUT2D eigenvalue weighted by atomic mass is 10.1. The lowest BCUT2D eigenvalue weighted by Crippen LogP contribution is -2.32. The fraction of sp³-hybridized carbons (Fsp3) is 0.455. The molecule has 178 valence electrons. The van der Waals surface area contributed by atoms with Crippen molar-refractivity contribution >= 4 is 40.0 Å². The van der Waals surface area contributed by atoms with E-state index in [-0.39, 0.29) is 34.3 Å². The molecule has 1 aromatic heterocycles. The molecule has 0 atom stereocenters. The van der Waals surface area contributed by atoms with E-state index in [9.17, 15) is 24.5 Å². The van der Waals surface area contributed by atoms with Crippen molar-refractivity contribution in [1.29, 1.82) is 0 Å². The number of benzene rings is 1. The van der Waals surface area contributed by atoms with E-state index in [1.54, 1.807) is 20.8 Å². The Labute approximate surface area is 195 Å². The number of esters is 2. The molecule has 0 aliphatic rings. The van der Waals surface area contributed by atoms with Gasteiger partial charge in [0, 0.05) is 24.2 Å². The monoisotopic (exact) mass is 477 g/mol. The van der Waals surface area contributed by atoms with Gasteiger partial charge < -0.3 is 9.47 Å². The summed E-state index contributed by atoms with van der Waals surface area (Å²) in [6, 6.07) is 3.46. The number of nitro benzene ring substituents is 1. The number of non-ortho nitro benzene ring substituents is 1. The van der Waals surface area contributed by atoms with Crippen molar-refractivity contribution in [3.63, 3.8) is 0 Å². The van der Waals surface area contributed by atoms with Crippen molar-refractivity contribution in [1.82, 2.24) is 4.98 Å². The number of rotatable bonds is 11. The van der Waals surface area contributed by atoms with Crippen molar-refractivity contribution < 1.29 is 28.8 Å². The van der Waals surface area contributed by atoms with Crippen LogP contribution in [0.3, 0.4) is 0 Å². The Kier molecular flexibility index (Phi) is 9.46. The van der Waals surface area contributed by atoms with Crippen LogP contribution in [0.15, 0.2) is 18.2 Å². The minimum atomic E-state index is -0.762. The molecule has 0 radical (unpaired) electrons. The zero-order valence-corrected chi connectivity index (χ0v) is 19.9. The molecule has 0 spiro atoms. The number of amides is 1. The Morgan fingerprint density at radius 3 is 2.27 bits per heavy atom. The maximum Gasteiger partial charge on any atom is 0.350 e. The van der Waals surface area contributed by atoms with Gasteiger partial charge in [0.15, 0.2) is 5.13 Å². The second kappa shape index (κ2) is 12.0. The van der Waals surface area contributed by atoms with Crippen LogP contribution in [-0.4, -0.2) is 47.5 Å². The largest absolute Gasteiger partial charge is 0.462 e. The average Bonchev–Trinajstić information content (AvgIpc) is 3.17. The maximum atomic E-state index is 13.5. The molecule has 33 heavy (non-hydrogen) atoms. The number of anilines is 1. The van der Waals surface area contributed by atoms with Crippen molar-refractivity contribution in [3.05, 3.63) is 50.0 Å². The number of nitro groups is 1. The Morgan fingerprint density at radius 1 is 1.03 bits per heavy atom. The number of unbranched alkanes of at least 4 members (excludes halogenated alkanes) is 2. The topological polar surface area (TPSA) is 129 Å². The molecule has 0 aliphatic heterocycles. The highest BCUT2D eigenvalue weighted by molar-refractivity contribution is 7.17. The van der Waals surface area contributed by atoms with Gasteiger partial charge in [-0.25, -0.2) is 14.6 Å². The van der Waals surface area contributed by atoms with Gasteiger partial charge in [0.05, 0.1) is 29.4 Å². The highest BCUT2D eigenvalue weighted by Gasteiger charge is 2.27. The van der Waals surface area contributed by atoms with Crippen LogP contribution in [0, 0.1) is 17.0 Å². The van der Waals surface area contributed by atoms with E-state index in [2.05, 4.69) is 4.98 Å². The molecule has 2 rings (SSSR count). The molecule has 0 saturated carbocycles. The van der Waals surface area contributed by atoms with Crippen LogP contribution in [-0.2, 0) is 9.47 Å². The lowest BCUT2D eigenvalue weighted by Gasteiger charge is -2.20. The van der Waals surface area contributed by atoms with Gasteiger partial charge in [-0.3, -0.25) is 19.8 Å². The molecule has 0 bridgehead atoms. The van der Waals surface area contributed by atoms with Crippen LogP contribution in [0.25, 0.3) is 0 Å². The number of nitrogens with zero attached hydrogens (tertiary/aromatic N) is 3. The summed E-state index contributed by atoms with van der Waals surface area (Å²) >= 11 is 1.02. The summed E-state index contributed by atoms with van der Waals surface area (Å²) in [5.74, 6) is -1.85. The van der Waals surface area contributed by atoms with E-state index in [4.69, 9.17) is 9.47 Å². The fourth-order valence-electron chi connectivity index (χ4n) is 3.02. The van der Waals surface area contributed by atoms with Crippen molar-refractivity contribution in [2.24, 2.45) is 0 Å². The Bertz CT molecular complexity index is 1030. The summed E-state index contributed by atoms with van der Waals surface area (Å²) in [5, 5.41) is 11.7. The highest BCUT2D eigenvalue weighted by Crippen LogP contribution is 2.29. The second-order valence-corrected chi connectivity index (χ2v) is 8.02. The number of aryl methyl sites for hydroxylation is 1. The third-order valence-electron chi connectivity index (χ3n) is 4.59. The van der Waals surface area contributed by atoms with E-state index in [1.807, 2.05) is 6.92 Å². The smallest absolute Gasteiger partial charge is 0.350 e. The zero-order chi connectivity index (χ0) is 24.5. The van der Waals surface area contributed by atoms with E-state index in [1.165, 1.54) is 11.0 Å². The van der Waals surface area contributed by atoms with Gasteiger partial charge in [-0.05, 0) is 33.3 Å². The van der Waals surface area contributed by atoms with E-state index < -0.39 is 28.5 Å². The Balaban J connectivity index is 2.51. The summed E-state index contributed by atoms with van der Waals surface area (Å²) < 4.78 is 10.00. The van der Waals surface area contributed by atoms with Crippen LogP contribution in [0.4, 0.5) is 10.8 Å². The number of ether oxygens (including phenoxy) is 2. The number of hydrogen-bond donors (Lipinski definition) is 0. The number of thiazole rings is 1. The van der Waals surface area contributed by atoms with Gasteiger partial charge in [0.1, 0.15) is 4.88 Å². The molecule has 0 saturated heterocycles. The SMILES string of the molecule is CCCCCN(C(=O)c1cc(C(=O)OCC)cc([N+](=O)[O-])c1)c1nc(C)c(C(=O)OCC)s1. The predicted molar refractivity (Wildman–Crippen MR) is 123 cm³/mol. The first-order valence-electron chi connectivity index (χ1n) is 10.7. The minimum Gasteiger partial charge on any atom is -0.462 e. The van der Waals surface area contributed by atoms with Crippen molar-refractivity contribution in [3.8, 4) is 0 Å². The molecule has 0 fully saturated rings. The normalized spacial score (nSPS) is 10.5. The summed E-state index contributed by atoms with van der Waals surface area (Å²) in [6.45, 7) is 7.55. The van der Waals surface area contributed by atoms with Gasteiger partial charge in [0.25, 0.3) is 11.6 Å². The van der Waals surface area contributed by atoms with Crippen molar-refractivity contribution in [2.45, 2.75) is 47.0 Å². The van der Waals surface area contributed by atoms with Gasteiger partial charge in [-0.1, -0.05) is 31.1 Å². The first kappa shape index (κ1) is 25.9. The Hall–Kier alpha value is -3.34. The molecule has 0 unspecified atom stereocenters. The minimum absolute atomic E-state index is 0.0470. The van der Waals surface area contributed by atoms with Crippen LogP contribution in [0.2, 0.25) is 0 Å². The third-order valence-corrected chi connectivity index (χ3v) is 5.75. The molecule has 1 amide bonds. The molecule has 11 heteroatoms. The van der Waals surface area contributed by atoms with E-state index in [0.717, 1.165) is 36.3 Å². The third kappa shape index (κ3) is 6.58. The Morgan fingerprint density at radius 2 is 1.67 bits per heavy atom. The second-order valence-electron chi connectivity index (χ2n) is 7.04. The summed E-state index contributed by atoms with van der Waals surface area (Å²) in [6.07, 6.45) is 2.42. The summed E-state index contributed by atoms with van der Waals surface area (Å²) in [5.41, 5.74) is -0.118. The summed E-state index contributed by atoms with van der Waals surface area (Å²) in [7, 11) is 0. The quantitative estimate of drug-likeness (QED) is 0.199. The lowest BCUT2D eigenvalue weighted by molar-refractivity contribution is -0.384. The average molecular weight is 478 g/mol. The highest BCUT2D eigenvalue weighted by atomic mass is 32.1. The van der Waals surface area contributed by atoms with Crippen LogP contribution in [0.5, 0.6) is 0 Å². The summed E-state index contributed by atoms with van der Waals surface area (Å²) in [4.78, 5) is 54.7. The number of carbonyl (C=O) groups excluding carboxylic acids is 3. The maximum absolute atomic E-state index is 13.5. The molecular weight excluding hydrogens is 450 g/mol. The van der Waals surface area contributed by atoms with Gasteiger partial charge in [-0.2, -0.15) is 0 Å². The standard InChI is InChI=1S/C22H27N3O7S/c1-5-8-9-10-24(22-23-14(4)18(33-22)21(28)32-7-3)19(26)15-11-16(20(27)31-6-2)13-17(12-15)25(29)30/h11-13H,5-10H2,1-4H3. The van der Waals surface area contributed by atoms with E-state index in [0.29, 0.717) is 18.7 Å². The first-order chi connectivity index (χ1) is 15.7. The molecule has 0 N–H and O–H groups in total. The van der Waals surface area contributed by atoms with Gasteiger partial charge >= 0.3 is 11.9 Å². The van der Waals surface area contributed by atoms with Crippen molar-refractivity contribution in [2.75, 3.05) is 24.7 Å². The molecule has 10 nitrogen and oxygen atoms in total. The van der Waals surface area contributed by atoms with Crippen LogP contribution < -0.4 is 4.90 Å². The van der Waals surface area contributed by atoms with Gasteiger partial charge in [-0.15, -0.1) is 0 Å². The number of carbonyl (C=O) groups is 3. The number of aromatic nitrogens is 1. The van der Waals surface area contributed by atoms with Crippen LogP contribution in [0.1, 0.15) is 76.1 Å². The first-order valence-corrected chi connectivity index (χ1v) is 11.5. The molecule has 0 aliphatic carbocycles. The molecule has 1 aromatic carbocycles. The zero-order valence-electron chi connectivity index (χ0n) is 19.1. The molecule has 2 aromatic rings. The van der Waals surface area contributed by atoms with E-state index >= 15 is 0 Å². The van der Waals surface area contributed by atoms with Crippen LogP contribution >= 0.6 is 11.3 Å². The number of hydrogen-bond acceptors (Lipinski definition) is 9. The molecule has 1 heterocycles. The molecular formula is C22H27N3O7S. The predicted octanol–water partition coefficient (Wildman–Crippen LogP) is 4.55.